The highest BCUT2D eigenvalue weighted by Gasteiger charge is 2.26. The largest absolute Gasteiger partial charge is 0.474 e. The number of hydrogen-bond donors (Lipinski definition) is 4. The van der Waals surface area contributed by atoms with E-state index in [1.54, 1.807) is 0 Å². The van der Waals surface area contributed by atoms with E-state index < -0.39 is 22.4 Å². The number of carbonyl (C=O) groups is 2. The summed E-state index contributed by atoms with van der Waals surface area (Å²) < 4.78 is 41.9. The molecule has 0 rings (SSSR count). The summed E-state index contributed by atoms with van der Waals surface area (Å²) in [5.74, 6) is -0.172. The Morgan fingerprint density at radius 3 is 1.35 bits per heavy atom. The Morgan fingerprint density at radius 2 is 1.00 bits per heavy atom. The number of hydrogen-bond acceptors (Lipinski definition) is 8. The van der Waals surface area contributed by atoms with Gasteiger partial charge in [-0.2, -0.15) is 0 Å². The van der Waals surface area contributed by atoms with Gasteiger partial charge in [-0.3, -0.25) is 27.7 Å². The predicted molar refractivity (Wildman–Crippen MR) is 113 cm³/mol. The third kappa shape index (κ3) is 22.2. The van der Waals surface area contributed by atoms with Crippen LogP contribution >= 0.6 is 15.6 Å². The lowest BCUT2D eigenvalue weighted by Gasteiger charge is -2.15. The normalized spacial score (nSPS) is 15.1. The monoisotopic (exact) mass is 490 g/mol. The number of carbonyl (C=O) groups excluding carboxylic acids is 2. The average molecular weight is 490 g/mol. The van der Waals surface area contributed by atoms with Crippen LogP contribution in [0.2, 0.25) is 0 Å². The molecule has 0 saturated heterocycles. The fourth-order valence-electron chi connectivity index (χ4n) is 2.28. The molecule has 0 saturated carbocycles. The van der Waals surface area contributed by atoms with Crippen molar-refractivity contribution in [1.82, 2.24) is 10.6 Å². The van der Waals surface area contributed by atoms with E-state index in [1.165, 1.54) is 13.8 Å². The zero-order valence-electron chi connectivity index (χ0n) is 18.2. The van der Waals surface area contributed by atoms with E-state index in [4.69, 9.17) is 9.05 Å². The highest BCUT2D eigenvalue weighted by Crippen LogP contribution is 2.47. The summed E-state index contributed by atoms with van der Waals surface area (Å²) >= 11 is 0. The lowest BCUT2D eigenvalue weighted by atomic mass is 10.2. The molecule has 0 aromatic carbocycles. The molecule has 0 aromatic heterocycles. The SMILES string of the molecule is CC(=O)NCCCCCCOP(=O)(O)OCOP(=O)(O)OCCCCCCNC(C)=O. The first-order valence-corrected chi connectivity index (χ1v) is 13.3. The Labute approximate surface area is 183 Å². The van der Waals surface area contributed by atoms with Crippen LogP contribution in [0.25, 0.3) is 0 Å². The van der Waals surface area contributed by atoms with Crippen LogP contribution in [-0.2, 0) is 36.8 Å². The number of amides is 2. The Morgan fingerprint density at radius 1 is 0.645 bits per heavy atom. The summed E-state index contributed by atoms with van der Waals surface area (Å²) in [6.07, 6.45) is 5.75. The maximum atomic E-state index is 11.7. The van der Waals surface area contributed by atoms with Crippen molar-refractivity contribution >= 4 is 27.5 Å². The minimum absolute atomic E-state index is 0.0247. The third-order valence-corrected chi connectivity index (χ3v) is 5.71. The van der Waals surface area contributed by atoms with Crippen LogP contribution in [0.15, 0.2) is 0 Å². The highest BCUT2D eigenvalue weighted by atomic mass is 31.2. The molecule has 2 atom stereocenters. The molecule has 0 aromatic rings. The van der Waals surface area contributed by atoms with Crippen molar-refractivity contribution in [2.45, 2.75) is 65.2 Å². The van der Waals surface area contributed by atoms with Gasteiger partial charge in [0.2, 0.25) is 11.8 Å². The zero-order valence-corrected chi connectivity index (χ0v) is 20.0. The molecule has 2 amide bonds. The van der Waals surface area contributed by atoms with Crippen LogP contribution < -0.4 is 10.6 Å². The summed E-state index contributed by atoms with van der Waals surface area (Å²) in [5.41, 5.74) is 0. The Bertz CT molecular complexity index is 555. The van der Waals surface area contributed by atoms with Gasteiger partial charge in [-0.1, -0.05) is 25.7 Å². The standard InChI is InChI=1S/C17H36N2O10P2/c1-16(20)18-11-7-3-5-9-13-26-30(22,23)28-15-29-31(24,25)27-14-10-6-4-8-12-19-17(2)21/h3-15H2,1-2H3,(H,18,20)(H,19,21)(H,22,23)(H,24,25). The number of unbranched alkanes of at least 4 members (excludes halogenated alkanes) is 6. The fourth-order valence-corrected chi connectivity index (χ4v) is 3.60. The lowest BCUT2D eigenvalue weighted by molar-refractivity contribution is -0.119. The third-order valence-electron chi connectivity index (χ3n) is 3.83. The van der Waals surface area contributed by atoms with Gasteiger partial charge in [0.05, 0.1) is 13.2 Å². The maximum Gasteiger partial charge on any atom is 0.474 e. The average Bonchev–Trinajstić information content (AvgIpc) is 2.65. The lowest BCUT2D eigenvalue weighted by Crippen LogP contribution is -2.20. The quantitative estimate of drug-likeness (QED) is 0.113. The van der Waals surface area contributed by atoms with Gasteiger partial charge < -0.3 is 20.4 Å². The summed E-state index contributed by atoms with van der Waals surface area (Å²) in [5, 5.41) is 5.34. The van der Waals surface area contributed by atoms with Gasteiger partial charge >= 0.3 is 15.6 Å². The molecule has 31 heavy (non-hydrogen) atoms. The molecule has 2 unspecified atom stereocenters. The van der Waals surface area contributed by atoms with Crippen LogP contribution in [0.4, 0.5) is 0 Å². The van der Waals surface area contributed by atoms with Gasteiger partial charge in [0.1, 0.15) is 0 Å². The van der Waals surface area contributed by atoms with Crippen molar-refractivity contribution < 1.29 is 46.6 Å². The molecule has 14 heteroatoms. The molecular weight excluding hydrogens is 454 g/mol. The van der Waals surface area contributed by atoms with Gasteiger partial charge in [0.15, 0.2) is 6.79 Å². The molecule has 0 fully saturated rings. The first-order valence-electron chi connectivity index (χ1n) is 10.3. The summed E-state index contributed by atoms with van der Waals surface area (Å²) in [6, 6.07) is 0. The highest BCUT2D eigenvalue weighted by molar-refractivity contribution is 7.48. The van der Waals surface area contributed by atoms with Crippen molar-refractivity contribution in [3.63, 3.8) is 0 Å². The second-order valence-corrected chi connectivity index (χ2v) is 9.68. The molecule has 0 radical (unpaired) electrons. The van der Waals surface area contributed by atoms with E-state index in [9.17, 15) is 28.5 Å². The Kier molecular flexibility index (Phi) is 17.2. The molecule has 0 heterocycles. The molecule has 0 aliphatic rings. The van der Waals surface area contributed by atoms with Crippen LogP contribution in [0.1, 0.15) is 65.2 Å². The Balaban J connectivity index is 3.71. The van der Waals surface area contributed by atoms with Crippen molar-refractivity contribution in [3.8, 4) is 0 Å². The molecule has 12 nitrogen and oxygen atoms in total. The van der Waals surface area contributed by atoms with Crippen LogP contribution in [-0.4, -0.2) is 54.7 Å². The molecule has 0 bridgehead atoms. The summed E-state index contributed by atoms with van der Waals surface area (Å²) in [6.45, 7) is 3.06. The van der Waals surface area contributed by atoms with Crippen LogP contribution in [0.3, 0.4) is 0 Å². The first kappa shape index (κ1) is 30.2. The number of phosphoric ester groups is 2. The van der Waals surface area contributed by atoms with E-state index in [0.29, 0.717) is 25.9 Å². The predicted octanol–water partition coefficient (Wildman–Crippen LogP) is 2.60. The smallest absolute Gasteiger partial charge is 0.356 e. The van der Waals surface area contributed by atoms with E-state index >= 15 is 0 Å². The van der Waals surface area contributed by atoms with Gasteiger partial charge in [-0.15, -0.1) is 0 Å². The van der Waals surface area contributed by atoms with Gasteiger partial charge in [0.25, 0.3) is 0 Å². The van der Waals surface area contributed by atoms with Crippen molar-refractivity contribution in [1.29, 1.82) is 0 Å². The van der Waals surface area contributed by atoms with Gasteiger partial charge in [-0.05, 0) is 25.7 Å². The second-order valence-electron chi connectivity index (χ2n) is 6.77. The summed E-state index contributed by atoms with van der Waals surface area (Å²) in [7, 11) is -8.81. The van der Waals surface area contributed by atoms with Gasteiger partial charge in [-0.25, -0.2) is 9.13 Å². The van der Waals surface area contributed by atoms with Crippen molar-refractivity contribution in [2.75, 3.05) is 33.1 Å². The summed E-state index contributed by atoms with van der Waals surface area (Å²) in [4.78, 5) is 40.4. The molecular formula is C17H36N2O10P2. The number of nitrogens with one attached hydrogen (secondary N) is 2. The number of rotatable bonds is 20. The van der Waals surface area contributed by atoms with Crippen LogP contribution in [0, 0.1) is 0 Å². The van der Waals surface area contributed by atoms with E-state index in [2.05, 4.69) is 19.7 Å². The first-order chi connectivity index (χ1) is 14.5. The van der Waals surface area contributed by atoms with Crippen molar-refractivity contribution in [3.05, 3.63) is 0 Å². The Hall–Kier alpha value is -0.840. The molecule has 0 spiro atoms. The fraction of sp³-hybridized carbons (Fsp3) is 0.882. The van der Waals surface area contributed by atoms with Gasteiger partial charge in [0, 0.05) is 26.9 Å². The number of phosphoric acid groups is 2. The molecule has 184 valence electrons. The second kappa shape index (κ2) is 17.7. The van der Waals surface area contributed by atoms with E-state index in [-0.39, 0.29) is 25.0 Å². The minimum atomic E-state index is -4.41. The molecule has 0 aliphatic heterocycles. The topological polar surface area (TPSA) is 170 Å². The van der Waals surface area contributed by atoms with E-state index in [0.717, 1.165) is 38.5 Å². The maximum absolute atomic E-state index is 11.7. The molecule has 4 N–H and O–H groups in total. The minimum Gasteiger partial charge on any atom is -0.356 e. The zero-order chi connectivity index (χ0) is 23.6. The van der Waals surface area contributed by atoms with Crippen LogP contribution in [0.5, 0.6) is 0 Å². The van der Waals surface area contributed by atoms with Crippen molar-refractivity contribution in [2.24, 2.45) is 0 Å². The molecule has 0 aliphatic carbocycles. The van der Waals surface area contributed by atoms with E-state index in [1.807, 2.05) is 0 Å².